The normalized spacial score (nSPS) is 13.7. The molecule has 0 radical (unpaired) electrons. The van der Waals surface area contributed by atoms with E-state index in [9.17, 15) is 9.59 Å². The predicted octanol–water partition coefficient (Wildman–Crippen LogP) is 5.29. The third kappa shape index (κ3) is 3.93. The fourth-order valence-electron chi connectivity index (χ4n) is 2.95. The maximum Gasteiger partial charge on any atom is 0.347 e. The summed E-state index contributed by atoms with van der Waals surface area (Å²) < 4.78 is 17.2. The summed E-state index contributed by atoms with van der Waals surface area (Å²) in [4.78, 5) is 25.1. The van der Waals surface area contributed by atoms with E-state index in [2.05, 4.69) is 15.9 Å². The predicted molar refractivity (Wildman–Crippen MR) is 111 cm³/mol. The number of carbonyl (C=O) groups is 2. The van der Waals surface area contributed by atoms with Crippen molar-refractivity contribution >= 4 is 33.8 Å². The molecular weight excluding hydrogens is 436 g/mol. The van der Waals surface area contributed by atoms with Gasteiger partial charge in [-0.3, -0.25) is 4.79 Å². The Hall–Kier alpha value is -3.38. The first-order chi connectivity index (χ1) is 14.0. The molecule has 0 unspecified atom stereocenters. The van der Waals surface area contributed by atoms with Gasteiger partial charge in [-0.25, -0.2) is 4.79 Å². The van der Waals surface area contributed by atoms with Gasteiger partial charge in [-0.05, 0) is 48.0 Å². The molecule has 3 aromatic rings. The lowest BCUT2D eigenvalue weighted by molar-refractivity contribution is 0.0731. The summed E-state index contributed by atoms with van der Waals surface area (Å²) in [6.07, 6.45) is 1.67. The van der Waals surface area contributed by atoms with Crippen LogP contribution in [0.2, 0.25) is 0 Å². The number of ketones is 1. The number of carbonyl (C=O) groups excluding carboxylic acids is 2. The summed E-state index contributed by atoms with van der Waals surface area (Å²) in [7, 11) is 1.49. The van der Waals surface area contributed by atoms with Gasteiger partial charge in [0.1, 0.15) is 22.8 Å². The second-order valence-corrected chi connectivity index (χ2v) is 7.16. The second kappa shape index (κ2) is 7.93. The van der Waals surface area contributed by atoms with Gasteiger partial charge in [-0.15, -0.1) is 0 Å². The van der Waals surface area contributed by atoms with Crippen LogP contribution in [-0.2, 0) is 0 Å². The first-order valence-electron chi connectivity index (χ1n) is 8.74. The molecule has 0 atom stereocenters. The fourth-order valence-corrected chi connectivity index (χ4v) is 3.37. The molecule has 0 saturated heterocycles. The van der Waals surface area contributed by atoms with Crippen molar-refractivity contribution in [2.75, 3.05) is 7.11 Å². The standard InChI is InChI=1S/C23H15BrO5/c1-27-19-8-3-2-7-18(19)23(26)28-16-9-10-17-20(13-16)29-21(22(17)25)12-14-5-4-6-15(24)11-14/h2-13H,1H3. The highest BCUT2D eigenvalue weighted by atomic mass is 79.9. The number of fused-ring (bicyclic) bond motifs is 1. The Bertz CT molecular complexity index is 1150. The van der Waals surface area contributed by atoms with Crippen LogP contribution in [0.5, 0.6) is 17.2 Å². The number of Topliss-reactive ketones (excluding diaryl/α,β-unsaturated/α-hetero) is 1. The molecule has 0 amide bonds. The molecule has 0 aliphatic carbocycles. The fraction of sp³-hybridized carbons (Fsp3) is 0.0435. The molecule has 1 aliphatic heterocycles. The summed E-state index contributed by atoms with van der Waals surface area (Å²) in [5.41, 5.74) is 1.56. The third-order valence-electron chi connectivity index (χ3n) is 4.33. The molecule has 1 heterocycles. The van der Waals surface area contributed by atoms with Crippen LogP contribution in [0.3, 0.4) is 0 Å². The maximum atomic E-state index is 12.6. The maximum absolute atomic E-state index is 12.6. The first-order valence-corrected chi connectivity index (χ1v) is 9.53. The Morgan fingerprint density at radius 1 is 1.03 bits per heavy atom. The van der Waals surface area contributed by atoms with E-state index in [0.717, 1.165) is 10.0 Å². The van der Waals surface area contributed by atoms with E-state index in [0.29, 0.717) is 22.6 Å². The van der Waals surface area contributed by atoms with E-state index in [1.165, 1.54) is 13.2 Å². The van der Waals surface area contributed by atoms with Gasteiger partial charge < -0.3 is 14.2 Å². The van der Waals surface area contributed by atoms with Gasteiger partial charge in [0, 0.05) is 10.5 Å². The van der Waals surface area contributed by atoms with E-state index >= 15 is 0 Å². The molecule has 6 heteroatoms. The second-order valence-electron chi connectivity index (χ2n) is 6.24. The van der Waals surface area contributed by atoms with Crippen LogP contribution in [0.25, 0.3) is 6.08 Å². The Labute approximate surface area is 175 Å². The Kier molecular flexibility index (Phi) is 5.18. The number of methoxy groups -OCH3 is 1. The molecule has 4 rings (SSSR count). The number of hydrogen-bond acceptors (Lipinski definition) is 5. The molecule has 29 heavy (non-hydrogen) atoms. The number of halogens is 1. The number of esters is 1. The molecule has 144 valence electrons. The molecule has 0 aromatic heterocycles. The van der Waals surface area contributed by atoms with Crippen molar-refractivity contribution in [2.24, 2.45) is 0 Å². The minimum Gasteiger partial charge on any atom is -0.496 e. The van der Waals surface area contributed by atoms with Gasteiger partial charge in [0.2, 0.25) is 5.78 Å². The quantitative estimate of drug-likeness (QED) is 0.306. The lowest BCUT2D eigenvalue weighted by atomic mass is 10.1. The zero-order valence-electron chi connectivity index (χ0n) is 15.3. The van der Waals surface area contributed by atoms with Gasteiger partial charge in [-0.1, -0.05) is 40.2 Å². The molecule has 5 nitrogen and oxygen atoms in total. The largest absolute Gasteiger partial charge is 0.496 e. The average Bonchev–Trinajstić information content (AvgIpc) is 3.02. The molecule has 1 aliphatic rings. The lowest BCUT2D eigenvalue weighted by Gasteiger charge is -2.08. The van der Waals surface area contributed by atoms with Crippen molar-refractivity contribution in [3.63, 3.8) is 0 Å². The van der Waals surface area contributed by atoms with Gasteiger partial charge in [0.15, 0.2) is 5.76 Å². The van der Waals surface area contributed by atoms with Crippen LogP contribution in [0.15, 0.2) is 77.0 Å². The van der Waals surface area contributed by atoms with E-state index in [1.807, 2.05) is 24.3 Å². The third-order valence-corrected chi connectivity index (χ3v) is 4.82. The van der Waals surface area contributed by atoms with Gasteiger partial charge in [-0.2, -0.15) is 0 Å². The molecular formula is C23H15BrO5. The summed E-state index contributed by atoms with van der Waals surface area (Å²) in [5, 5.41) is 0. The highest BCUT2D eigenvalue weighted by Crippen LogP contribution is 2.35. The van der Waals surface area contributed by atoms with Crippen molar-refractivity contribution in [3.8, 4) is 17.2 Å². The topological polar surface area (TPSA) is 61.8 Å². The molecule has 0 bridgehead atoms. The average molecular weight is 451 g/mol. The minimum atomic E-state index is -0.559. The number of hydrogen-bond donors (Lipinski definition) is 0. The number of allylic oxidation sites excluding steroid dienone is 1. The Balaban J connectivity index is 1.57. The minimum absolute atomic E-state index is 0.214. The van der Waals surface area contributed by atoms with E-state index in [4.69, 9.17) is 14.2 Å². The number of rotatable bonds is 4. The first kappa shape index (κ1) is 19.0. The van der Waals surface area contributed by atoms with Crippen LogP contribution >= 0.6 is 15.9 Å². The zero-order chi connectivity index (χ0) is 20.4. The van der Waals surface area contributed by atoms with E-state index < -0.39 is 5.97 Å². The Morgan fingerprint density at radius 3 is 2.66 bits per heavy atom. The molecule has 0 fully saturated rings. The van der Waals surface area contributed by atoms with Gasteiger partial charge in [0.25, 0.3) is 0 Å². The van der Waals surface area contributed by atoms with E-state index in [-0.39, 0.29) is 17.3 Å². The summed E-state index contributed by atoms with van der Waals surface area (Å²) in [6.45, 7) is 0. The summed E-state index contributed by atoms with van der Waals surface area (Å²) in [5.74, 6) is 0.479. The molecule has 0 saturated carbocycles. The molecule has 0 spiro atoms. The van der Waals surface area contributed by atoms with Crippen LogP contribution in [0.4, 0.5) is 0 Å². The van der Waals surface area contributed by atoms with Crippen molar-refractivity contribution in [1.82, 2.24) is 0 Å². The Morgan fingerprint density at radius 2 is 1.86 bits per heavy atom. The van der Waals surface area contributed by atoms with Crippen LogP contribution in [0, 0.1) is 0 Å². The van der Waals surface area contributed by atoms with Gasteiger partial charge in [0.05, 0.1) is 12.7 Å². The van der Waals surface area contributed by atoms with Crippen LogP contribution in [0.1, 0.15) is 26.3 Å². The van der Waals surface area contributed by atoms with Crippen molar-refractivity contribution < 1.29 is 23.8 Å². The van der Waals surface area contributed by atoms with Crippen LogP contribution in [-0.4, -0.2) is 18.9 Å². The van der Waals surface area contributed by atoms with Crippen molar-refractivity contribution in [1.29, 1.82) is 0 Å². The highest BCUT2D eigenvalue weighted by Gasteiger charge is 2.28. The van der Waals surface area contributed by atoms with E-state index in [1.54, 1.807) is 42.5 Å². The smallest absolute Gasteiger partial charge is 0.347 e. The molecule has 0 N–H and O–H groups in total. The SMILES string of the molecule is COc1ccccc1C(=O)Oc1ccc2c(c1)OC(=Cc1cccc(Br)c1)C2=O. The summed E-state index contributed by atoms with van der Waals surface area (Å²) in [6, 6.07) is 19.0. The number of para-hydroxylation sites is 1. The van der Waals surface area contributed by atoms with Gasteiger partial charge >= 0.3 is 5.97 Å². The number of ether oxygens (including phenoxy) is 3. The number of benzene rings is 3. The monoisotopic (exact) mass is 450 g/mol. The zero-order valence-corrected chi connectivity index (χ0v) is 16.9. The van der Waals surface area contributed by atoms with Crippen molar-refractivity contribution in [3.05, 3.63) is 93.7 Å². The van der Waals surface area contributed by atoms with Crippen molar-refractivity contribution in [2.45, 2.75) is 0 Å². The highest BCUT2D eigenvalue weighted by molar-refractivity contribution is 9.10. The lowest BCUT2D eigenvalue weighted by Crippen LogP contribution is -2.10. The summed E-state index contributed by atoms with van der Waals surface area (Å²) >= 11 is 3.40. The molecule has 3 aromatic carbocycles. The van der Waals surface area contributed by atoms with Crippen LogP contribution < -0.4 is 14.2 Å².